The Kier molecular flexibility index (Phi) is 6.27. The van der Waals surface area contributed by atoms with Gasteiger partial charge in [0.1, 0.15) is 6.04 Å². The molecule has 0 heterocycles. The molecule has 0 aliphatic heterocycles. The van der Waals surface area contributed by atoms with E-state index in [2.05, 4.69) is 17.6 Å². The molecule has 4 N–H and O–H groups in total. The Bertz CT molecular complexity index is 368. The minimum absolute atomic E-state index is 0.104. The van der Waals surface area contributed by atoms with Crippen LogP contribution in [0.3, 0.4) is 0 Å². The van der Waals surface area contributed by atoms with Crippen molar-refractivity contribution in [1.82, 2.24) is 10.6 Å². The minimum Gasteiger partial charge on any atom is -0.481 e. The molecule has 1 aliphatic rings. The second kappa shape index (κ2) is 7.72. The molecule has 1 unspecified atom stereocenters. The van der Waals surface area contributed by atoms with Gasteiger partial charge in [0.05, 0.1) is 0 Å². The Labute approximate surface area is 117 Å². The number of rotatable bonds is 9. The van der Waals surface area contributed by atoms with E-state index in [9.17, 15) is 14.4 Å². The third kappa shape index (κ3) is 6.40. The average Bonchev–Trinajstić information content (AvgIpc) is 3.18. The average molecular weight is 286 g/mol. The number of carbonyl (C=O) groups excluding carboxylic acids is 1. The summed E-state index contributed by atoms with van der Waals surface area (Å²) in [5, 5.41) is 22.5. The summed E-state index contributed by atoms with van der Waals surface area (Å²) >= 11 is 0. The third-order valence-corrected chi connectivity index (χ3v) is 3.50. The van der Waals surface area contributed by atoms with Crippen molar-refractivity contribution < 1.29 is 24.6 Å². The first-order chi connectivity index (χ1) is 9.40. The van der Waals surface area contributed by atoms with E-state index in [0.717, 1.165) is 0 Å². The second-order valence-corrected chi connectivity index (χ2v) is 5.35. The maximum Gasteiger partial charge on any atom is 0.326 e. The molecular formula is C13H22N2O5. The molecule has 0 bridgehead atoms. The number of nitrogens with one attached hydrogen (secondary N) is 2. The Hall–Kier alpha value is -1.79. The van der Waals surface area contributed by atoms with Crippen LogP contribution in [0.25, 0.3) is 0 Å². The van der Waals surface area contributed by atoms with Crippen LogP contribution in [0, 0.1) is 11.8 Å². The zero-order valence-corrected chi connectivity index (χ0v) is 11.6. The van der Waals surface area contributed by atoms with Crippen LogP contribution in [0.15, 0.2) is 0 Å². The molecule has 20 heavy (non-hydrogen) atoms. The summed E-state index contributed by atoms with van der Waals surface area (Å²) in [6, 6.07) is -1.56. The van der Waals surface area contributed by atoms with Crippen molar-refractivity contribution in [3.8, 4) is 0 Å². The first-order valence-corrected chi connectivity index (χ1v) is 6.89. The lowest BCUT2D eigenvalue weighted by molar-refractivity contribution is -0.140. The molecular weight excluding hydrogens is 264 g/mol. The number of carboxylic acid groups (broad SMARTS) is 2. The monoisotopic (exact) mass is 286 g/mol. The van der Waals surface area contributed by atoms with Gasteiger partial charge in [0.25, 0.3) is 0 Å². The lowest BCUT2D eigenvalue weighted by Gasteiger charge is -2.16. The first kappa shape index (κ1) is 16.3. The van der Waals surface area contributed by atoms with Crippen molar-refractivity contribution in [3.63, 3.8) is 0 Å². The van der Waals surface area contributed by atoms with Gasteiger partial charge in [-0.15, -0.1) is 0 Å². The summed E-state index contributed by atoms with van der Waals surface area (Å²) in [6.45, 7) is 2.58. The van der Waals surface area contributed by atoms with Gasteiger partial charge in [0, 0.05) is 13.0 Å². The van der Waals surface area contributed by atoms with E-state index >= 15 is 0 Å². The van der Waals surface area contributed by atoms with Gasteiger partial charge < -0.3 is 20.8 Å². The number of carbonyl (C=O) groups is 3. The molecule has 1 rings (SSSR count). The van der Waals surface area contributed by atoms with Crippen molar-refractivity contribution in [1.29, 1.82) is 0 Å². The molecule has 114 valence electrons. The van der Waals surface area contributed by atoms with Crippen molar-refractivity contribution in [2.45, 2.75) is 45.1 Å². The summed E-state index contributed by atoms with van der Waals surface area (Å²) in [4.78, 5) is 33.0. The SMILES string of the molecule is CC(CNC(=O)N[C@H](CCCC(=O)O)C(=O)O)C1CC1. The van der Waals surface area contributed by atoms with E-state index in [4.69, 9.17) is 10.2 Å². The highest BCUT2D eigenvalue weighted by Crippen LogP contribution is 2.35. The van der Waals surface area contributed by atoms with Crippen LogP contribution in [0.5, 0.6) is 0 Å². The zero-order chi connectivity index (χ0) is 15.1. The second-order valence-electron chi connectivity index (χ2n) is 5.35. The fourth-order valence-electron chi connectivity index (χ4n) is 2.01. The molecule has 0 aromatic carbocycles. The molecule has 7 nitrogen and oxygen atoms in total. The number of urea groups is 1. The molecule has 7 heteroatoms. The Morgan fingerprint density at radius 1 is 1.25 bits per heavy atom. The number of aliphatic carboxylic acids is 2. The van der Waals surface area contributed by atoms with Gasteiger partial charge in [-0.05, 0) is 37.5 Å². The summed E-state index contributed by atoms with van der Waals surface area (Å²) in [7, 11) is 0. The van der Waals surface area contributed by atoms with Gasteiger partial charge in [-0.3, -0.25) is 4.79 Å². The first-order valence-electron chi connectivity index (χ1n) is 6.89. The molecule has 2 atom stereocenters. The molecule has 0 aromatic rings. The highest BCUT2D eigenvalue weighted by atomic mass is 16.4. The number of hydrogen-bond acceptors (Lipinski definition) is 3. The van der Waals surface area contributed by atoms with Crippen LogP contribution >= 0.6 is 0 Å². The zero-order valence-electron chi connectivity index (χ0n) is 11.6. The molecule has 0 saturated heterocycles. The third-order valence-electron chi connectivity index (χ3n) is 3.50. The van der Waals surface area contributed by atoms with Crippen molar-refractivity contribution in [3.05, 3.63) is 0 Å². The fourth-order valence-corrected chi connectivity index (χ4v) is 2.01. The van der Waals surface area contributed by atoms with Crippen LogP contribution in [0.4, 0.5) is 4.79 Å². The molecule has 0 spiro atoms. The van der Waals surface area contributed by atoms with Crippen LogP contribution < -0.4 is 10.6 Å². The lowest BCUT2D eigenvalue weighted by atomic mass is 10.1. The predicted molar refractivity (Wildman–Crippen MR) is 71.3 cm³/mol. The van der Waals surface area contributed by atoms with Crippen molar-refractivity contribution >= 4 is 18.0 Å². The van der Waals surface area contributed by atoms with Crippen molar-refractivity contribution in [2.75, 3.05) is 6.54 Å². The van der Waals surface area contributed by atoms with Gasteiger partial charge >= 0.3 is 18.0 Å². The van der Waals surface area contributed by atoms with E-state index in [-0.39, 0.29) is 19.3 Å². The Balaban J connectivity index is 2.26. The highest BCUT2D eigenvalue weighted by molar-refractivity contribution is 5.82. The van der Waals surface area contributed by atoms with Crippen LogP contribution in [0.2, 0.25) is 0 Å². The van der Waals surface area contributed by atoms with E-state index in [0.29, 0.717) is 18.4 Å². The summed E-state index contributed by atoms with van der Waals surface area (Å²) in [5.41, 5.74) is 0. The lowest BCUT2D eigenvalue weighted by Crippen LogP contribution is -2.47. The van der Waals surface area contributed by atoms with E-state index in [1.54, 1.807) is 0 Å². The Morgan fingerprint density at radius 2 is 1.90 bits per heavy atom. The van der Waals surface area contributed by atoms with Crippen molar-refractivity contribution in [2.24, 2.45) is 11.8 Å². The van der Waals surface area contributed by atoms with E-state index in [1.165, 1.54) is 12.8 Å². The maximum absolute atomic E-state index is 11.6. The number of carboxylic acids is 2. The van der Waals surface area contributed by atoms with Gasteiger partial charge in [0.15, 0.2) is 0 Å². The summed E-state index contributed by atoms with van der Waals surface area (Å²) in [6.07, 6.45) is 2.60. The quantitative estimate of drug-likeness (QED) is 0.505. The number of hydrogen-bond donors (Lipinski definition) is 4. The molecule has 0 aromatic heterocycles. The van der Waals surface area contributed by atoms with Crippen LogP contribution in [-0.4, -0.2) is 40.8 Å². The van der Waals surface area contributed by atoms with Crippen LogP contribution in [-0.2, 0) is 9.59 Å². The van der Waals surface area contributed by atoms with Gasteiger partial charge in [-0.2, -0.15) is 0 Å². The standard InChI is InChI=1S/C13H22N2O5/c1-8(9-5-6-9)7-14-13(20)15-10(12(18)19)3-2-4-11(16)17/h8-10H,2-7H2,1H3,(H,16,17)(H,18,19)(H2,14,15,20)/t8?,10-/m1/s1. The van der Waals surface area contributed by atoms with Crippen LogP contribution in [0.1, 0.15) is 39.0 Å². The largest absolute Gasteiger partial charge is 0.481 e. The van der Waals surface area contributed by atoms with Gasteiger partial charge in [0.2, 0.25) is 0 Å². The molecule has 0 radical (unpaired) electrons. The van der Waals surface area contributed by atoms with Gasteiger partial charge in [-0.1, -0.05) is 6.92 Å². The fraction of sp³-hybridized carbons (Fsp3) is 0.769. The summed E-state index contributed by atoms with van der Waals surface area (Å²) in [5.74, 6) is -1.06. The number of amides is 2. The smallest absolute Gasteiger partial charge is 0.326 e. The normalized spacial score (nSPS) is 17.1. The minimum atomic E-state index is -1.15. The summed E-state index contributed by atoms with van der Waals surface area (Å²) < 4.78 is 0. The maximum atomic E-state index is 11.6. The molecule has 1 saturated carbocycles. The molecule has 2 amide bonds. The molecule has 1 fully saturated rings. The topological polar surface area (TPSA) is 116 Å². The van der Waals surface area contributed by atoms with E-state index in [1.807, 2.05) is 0 Å². The van der Waals surface area contributed by atoms with E-state index < -0.39 is 24.0 Å². The Morgan fingerprint density at radius 3 is 2.40 bits per heavy atom. The molecule has 1 aliphatic carbocycles. The predicted octanol–water partition coefficient (Wildman–Crippen LogP) is 1.04. The highest BCUT2D eigenvalue weighted by Gasteiger charge is 2.28. The van der Waals surface area contributed by atoms with Gasteiger partial charge in [-0.25, -0.2) is 9.59 Å².